The average Bonchev–Trinajstić information content (AvgIpc) is 2.41. The van der Waals surface area contributed by atoms with Gasteiger partial charge in [-0.15, -0.1) is 0 Å². The summed E-state index contributed by atoms with van der Waals surface area (Å²) in [6.07, 6.45) is 1.51. The molecule has 0 bridgehead atoms. The monoisotopic (exact) mass is 242 g/mol. The first-order valence-corrected chi connectivity index (χ1v) is 5.52. The molecule has 4 nitrogen and oxygen atoms in total. The van der Waals surface area contributed by atoms with E-state index in [0.29, 0.717) is 5.56 Å². The van der Waals surface area contributed by atoms with Gasteiger partial charge in [0.15, 0.2) is 0 Å². The van der Waals surface area contributed by atoms with Crippen LogP contribution < -0.4 is 5.73 Å². The third-order valence-electron chi connectivity index (χ3n) is 2.75. The maximum Gasteiger partial charge on any atom is 0.339 e. The molecule has 0 saturated carbocycles. The molecule has 1 heterocycles. The van der Waals surface area contributed by atoms with E-state index in [9.17, 15) is 4.79 Å². The molecule has 1 aromatic heterocycles. The molecule has 0 aliphatic rings. The number of methoxy groups -OCH3 is 1. The molecule has 0 spiro atoms. The van der Waals surface area contributed by atoms with Crippen LogP contribution in [0, 0.1) is 6.92 Å². The number of benzene rings is 1. The second-order valence-corrected chi connectivity index (χ2v) is 4.00. The van der Waals surface area contributed by atoms with Crippen molar-refractivity contribution in [3.8, 4) is 11.3 Å². The molecule has 2 rings (SSSR count). The number of nitrogens with two attached hydrogens (primary N) is 1. The van der Waals surface area contributed by atoms with Crippen LogP contribution >= 0.6 is 0 Å². The van der Waals surface area contributed by atoms with Crippen molar-refractivity contribution in [2.45, 2.75) is 6.92 Å². The number of hydrogen-bond donors (Lipinski definition) is 1. The second kappa shape index (κ2) is 4.87. The quantitative estimate of drug-likeness (QED) is 0.648. The van der Waals surface area contributed by atoms with Crippen molar-refractivity contribution in [2.24, 2.45) is 0 Å². The highest BCUT2D eigenvalue weighted by molar-refractivity contribution is 5.89. The van der Waals surface area contributed by atoms with E-state index in [1.807, 2.05) is 25.1 Å². The van der Waals surface area contributed by atoms with Gasteiger partial charge < -0.3 is 10.5 Å². The minimum absolute atomic E-state index is 0.387. The third-order valence-corrected chi connectivity index (χ3v) is 2.75. The summed E-state index contributed by atoms with van der Waals surface area (Å²) < 4.78 is 4.62. The van der Waals surface area contributed by atoms with Gasteiger partial charge in [-0.1, -0.05) is 6.07 Å². The SMILES string of the molecule is COC(=O)c1ccc(-c2ccc(N)c(C)c2)nc1. The number of ether oxygens (including phenoxy) is 1. The van der Waals surface area contributed by atoms with E-state index in [1.165, 1.54) is 13.3 Å². The highest BCUT2D eigenvalue weighted by Crippen LogP contribution is 2.21. The number of nitrogen functional groups attached to an aromatic ring is 1. The molecule has 0 amide bonds. The molecular weight excluding hydrogens is 228 g/mol. The first-order valence-electron chi connectivity index (χ1n) is 5.52. The van der Waals surface area contributed by atoms with Gasteiger partial charge in [0.05, 0.1) is 18.4 Å². The van der Waals surface area contributed by atoms with Crippen LogP contribution in [0.25, 0.3) is 11.3 Å². The minimum Gasteiger partial charge on any atom is -0.465 e. The fraction of sp³-hybridized carbons (Fsp3) is 0.143. The van der Waals surface area contributed by atoms with Crippen molar-refractivity contribution in [3.05, 3.63) is 47.7 Å². The standard InChI is InChI=1S/C14H14N2O2/c1-9-7-10(3-5-12(9)15)13-6-4-11(8-16-13)14(17)18-2/h3-8H,15H2,1-2H3. The van der Waals surface area contributed by atoms with Crippen LogP contribution in [0.2, 0.25) is 0 Å². The summed E-state index contributed by atoms with van der Waals surface area (Å²) in [6, 6.07) is 9.20. The molecule has 0 aliphatic carbocycles. The Hall–Kier alpha value is -2.36. The molecular formula is C14H14N2O2. The summed E-state index contributed by atoms with van der Waals surface area (Å²) >= 11 is 0. The Kier molecular flexibility index (Phi) is 3.28. The Morgan fingerprint density at radius 2 is 2.06 bits per heavy atom. The highest BCUT2D eigenvalue weighted by Gasteiger charge is 2.06. The fourth-order valence-electron chi connectivity index (χ4n) is 1.64. The lowest BCUT2D eigenvalue weighted by atomic mass is 10.1. The predicted molar refractivity (Wildman–Crippen MR) is 70.2 cm³/mol. The number of carbonyl (C=O) groups excluding carboxylic acids is 1. The zero-order chi connectivity index (χ0) is 13.1. The number of carbonyl (C=O) groups is 1. The number of aromatic nitrogens is 1. The van der Waals surface area contributed by atoms with Crippen LogP contribution in [0.1, 0.15) is 15.9 Å². The molecule has 2 aromatic rings. The number of aryl methyl sites for hydroxylation is 1. The molecule has 0 aliphatic heterocycles. The Balaban J connectivity index is 2.34. The van der Waals surface area contributed by atoms with E-state index in [2.05, 4.69) is 9.72 Å². The third kappa shape index (κ3) is 2.32. The number of rotatable bonds is 2. The van der Waals surface area contributed by atoms with Crippen LogP contribution in [0.15, 0.2) is 36.5 Å². The number of nitrogens with zero attached hydrogens (tertiary/aromatic N) is 1. The molecule has 18 heavy (non-hydrogen) atoms. The molecule has 92 valence electrons. The average molecular weight is 242 g/mol. The van der Waals surface area contributed by atoms with Crippen LogP contribution in [0.4, 0.5) is 5.69 Å². The van der Waals surface area contributed by atoms with E-state index < -0.39 is 0 Å². The lowest BCUT2D eigenvalue weighted by Gasteiger charge is -2.05. The molecule has 0 unspecified atom stereocenters. The number of esters is 1. The van der Waals surface area contributed by atoms with E-state index in [1.54, 1.807) is 12.1 Å². The van der Waals surface area contributed by atoms with Crippen LogP contribution in [-0.4, -0.2) is 18.1 Å². The van der Waals surface area contributed by atoms with Gasteiger partial charge >= 0.3 is 5.97 Å². The summed E-state index contributed by atoms with van der Waals surface area (Å²) in [7, 11) is 1.35. The van der Waals surface area contributed by atoms with Gasteiger partial charge in [0, 0.05) is 17.4 Å². The molecule has 1 aromatic carbocycles. The van der Waals surface area contributed by atoms with Crippen molar-refractivity contribution >= 4 is 11.7 Å². The van der Waals surface area contributed by atoms with Crippen molar-refractivity contribution in [3.63, 3.8) is 0 Å². The molecule has 0 saturated heterocycles. The van der Waals surface area contributed by atoms with Crippen LogP contribution in [-0.2, 0) is 4.74 Å². The minimum atomic E-state index is -0.387. The summed E-state index contributed by atoms with van der Waals surface area (Å²) in [4.78, 5) is 15.5. The van der Waals surface area contributed by atoms with Crippen molar-refractivity contribution in [2.75, 3.05) is 12.8 Å². The predicted octanol–water partition coefficient (Wildman–Crippen LogP) is 2.43. The van der Waals surface area contributed by atoms with Crippen LogP contribution in [0.5, 0.6) is 0 Å². The van der Waals surface area contributed by atoms with E-state index >= 15 is 0 Å². The lowest BCUT2D eigenvalue weighted by Crippen LogP contribution is -2.01. The van der Waals surface area contributed by atoms with Crippen molar-refractivity contribution < 1.29 is 9.53 Å². The zero-order valence-corrected chi connectivity index (χ0v) is 10.3. The van der Waals surface area contributed by atoms with Crippen molar-refractivity contribution in [1.82, 2.24) is 4.98 Å². The highest BCUT2D eigenvalue weighted by atomic mass is 16.5. The Bertz CT molecular complexity index is 577. The van der Waals surface area contributed by atoms with Gasteiger partial charge in [0.2, 0.25) is 0 Å². The normalized spacial score (nSPS) is 10.1. The molecule has 4 heteroatoms. The largest absolute Gasteiger partial charge is 0.465 e. The smallest absolute Gasteiger partial charge is 0.339 e. The van der Waals surface area contributed by atoms with Gasteiger partial charge in [0.25, 0.3) is 0 Å². The van der Waals surface area contributed by atoms with Gasteiger partial charge in [-0.3, -0.25) is 4.98 Å². The first-order chi connectivity index (χ1) is 8.61. The maximum atomic E-state index is 11.3. The van der Waals surface area contributed by atoms with E-state index in [-0.39, 0.29) is 5.97 Å². The Morgan fingerprint density at radius 3 is 2.61 bits per heavy atom. The van der Waals surface area contributed by atoms with Gasteiger partial charge in [0.1, 0.15) is 0 Å². The van der Waals surface area contributed by atoms with Crippen molar-refractivity contribution in [1.29, 1.82) is 0 Å². The molecule has 0 atom stereocenters. The zero-order valence-electron chi connectivity index (χ0n) is 10.3. The summed E-state index contributed by atoms with van der Waals surface area (Å²) in [5.41, 5.74) is 9.73. The van der Waals surface area contributed by atoms with Gasteiger partial charge in [-0.25, -0.2) is 4.79 Å². The Morgan fingerprint density at radius 1 is 1.28 bits per heavy atom. The number of hydrogen-bond acceptors (Lipinski definition) is 4. The molecule has 2 N–H and O–H groups in total. The van der Waals surface area contributed by atoms with Gasteiger partial charge in [-0.05, 0) is 36.8 Å². The Labute approximate surface area is 105 Å². The topological polar surface area (TPSA) is 65.2 Å². The second-order valence-electron chi connectivity index (χ2n) is 4.00. The maximum absolute atomic E-state index is 11.3. The van der Waals surface area contributed by atoms with E-state index in [4.69, 9.17) is 5.73 Å². The lowest BCUT2D eigenvalue weighted by molar-refractivity contribution is 0.0600. The number of pyridine rings is 1. The number of anilines is 1. The summed E-state index contributed by atoms with van der Waals surface area (Å²) in [6.45, 7) is 1.95. The molecule has 0 radical (unpaired) electrons. The summed E-state index contributed by atoms with van der Waals surface area (Å²) in [5.74, 6) is -0.387. The summed E-state index contributed by atoms with van der Waals surface area (Å²) in [5, 5.41) is 0. The molecule has 0 fully saturated rings. The van der Waals surface area contributed by atoms with Crippen LogP contribution in [0.3, 0.4) is 0 Å². The van der Waals surface area contributed by atoms with E-state index in [0.717, 1.165) is 22.5 Å². The fourth-order valence-corrected chi connectivity index (χ4v) is 1.64. The first kappa shape index (κ1) is 12.1. The van der Waals surface area contributed by atoms with Gasteiger partial charge in [-0.2, -0.15) is 0 Å².